The number of nitrogens with one attached hydrogen (secondary N) is 2. The molecule has 0 aliphatic heterocycles. The largest absolute Gasteiger partial charge is 0.338 e. The van der Waals surface area contributed by atoms with Gasteiger partial charge in [0, 0.05) is 36.6 Å². The molecule has 3 aromatic rings. The fraction of sp³-hybridized carbons (Fsp3) is 0.333. The van der Waals surface area contributed by atoms with Gasteiger partial charge in [-0.3, -0.25) is 0 Å². The first-order valence-corrected chi connectivity index (χ1v) is 9.12. The van der Waals surface area contributed by atoms with Gasteiger partial charge in [0.2, 0.25) is 0 Å². The molecular weight excluding hydrogens is 324 g/mol. The second-order valence-corrected chi connectivity index (χ2v) is 6.73. The zero-order chi connectivity index (χ0) is 18.5. The molecule has 0 bridgehead atoms. The molecule has 2 aromatic heterocycles. The number of aromatic nitrogens is 2. The summed E-state index contributed by atoms with van der Waals surface area (Å²) in [7, 11) is 0. The average molecular weight is 350 g/mol. The Morgan fingerprint density at radius 2 is 1.96 bits per heavy atom. The monoisotopic (exact) mass is 350 g/mol. The maximum atomic E-state index is 12.2. The maximum absolute atomic E-state index is 12.2. The SMILES string of the molecule is CCCn1cc(CCNC(=O)Nc2cc(C)cc(C)c2)c2cccnc21. The van der Waals surface area contributed by atoms with Crippen LogP contribution in [0, 0.1) is 13.8 Å². The second kappa shape index (κ2) is 8.04. The summed E-state index contributed by atoms with van der Waals surface area (Å²) >= 11 is 0. The number of urea groups is 1. The number of hydrogen-bond acceptors (Lipinski definition) is 2. The Morgan fingerprint density at radius 3 is 2.69 bits per heavy atom. The molecule has 5 heteroatoms. The lowest BCUT2D eigenvalue weighted by Crippen LogP contribution is -2.30. The number of carbonyl (C=O) groups excluding carboxylic acids is 1. The lowest BCUT2D eigenvalue weighted by atomic mass is 10.1. The molecule has 1 aromatic carbocycles. The van der Waals surface area contributed by atoms with E-state index in [1.165, 1.54) is 5.56 Å². The second-order valence-electron chi connectivity index (χ2n) is 6.73. The van der Waals surface area contributed by atoms with Crippen LogP contribution >= 0.6 is 0 Å². The smallest absolute Gasteiger partial charge is 0.319 e. The van der Waals surface area contributed by atoms with Crippen LogP contribution in [0.5, 0.6) is 0 Å². The van der Waals surface area contributed by atoms with Gasteiger partial charge >= 0.3 is 6.03 Å². The zero-order valence-corrected chi connectivity index (χ0v) is 15.7. The van der Waals surface area contributed by atoms with E-state index in [2.05, 4.69) is 45.4 Å². The third-order valence-electron chi connectivity index (χ3n) is 4.34. The van der Waals surface area contributed by atoms with Crippen LogP contribution in [0.25, 0.3) is 11.0 Å². The number of anilines is 1. The highest BCUT2D eigenvalue weighted by atomic mass is 16.2. The number of fused-ring (bicyclic) bond motifs is 1. The van der Waals surface area contributed by atoms with E-state index in [0.29, 0.717) is 6.54 Å². The molecule has 26 heavy (non-hydrogen) atoms. The van der Waals surface area contributed by atoms with Gasteiger partial charge in [-0.1, -0.05) is 13.0 Å². The Hall–Kier alpha value is -2.82. The van der Waals surface area contributed by atoms with Crippen molar-refractivity contribution in [1.29, 1.82) is 0 Å². The van der Waals surface area contributed by atoms with Gasteiger partial charge in [0.05, 0.1) is 0 Å². The summed E-state index contributed by atoms with van der Waals surface area (Å²) in [5.74, 6) is 0. The first-order valence-electron chi connectivity index (χ1n) is 9.12. The Kier molecular flexibility index (Phi) is 5.56. The van der Waals surface area contributed by atoms with Crippen LogP contribution < -0.4 is 10.6 Å². The van der Waals surface area contributed by atoms with E-state index in [-0.39, 0.29) is 6.03 Å². The van der Waals surface area contributed by atoms with Crippen LogP contribution in [0.3, 0.4) is 0 Å². The third-order valence-corrected chi connectivity index (χ3v) is 4.34. The summed E-state index contributed by atoms with van der Waals surface area (Å²) in [6.07, 6.45) is 5.83. The van der Waals surface area contributed by atoms with Crippen molar-refractivity contribution < 1.29 is 4.79 Å². The van der Waals surface area contributed by atoms with Crippen LogP contribution in [0.4, 0.5) is 10.5 Å². The summed E-state index contributed by atoms with van der Waals surface area (Å²) in [6.45, 7) is 7.74. The Bertz CT molecular complexity index is 893. The van der Waals surface area contributed by atoms with Crippen LogP contribution in [0.15, 0.2) is 42.7 Å². The number of hydrogen-bond donors (Lipinski definition) is 2. The molecule has 2 N–H and O–H groups in total. The quantitative estimate of drug-likeness (QED) is 0.691. The van der Waals surface area contributed by atoms with Gasteiger partial charge in [-0.15, -0.1) is 0 Å². The summed E-state index contributed by atoms with van der Waals surface area (Å²) in [4.78, 5) is 16.7. The Balaban J connectivity index is 1.61. The van der Waals surface area contributed by atoms with Crippen molar-refractivity contribution in [3.63, 3.8) is 0 Å². The zero-order valence-electron chi connectivity index (χ0n) is 15.7. The highest BCUT2D eigenvalue weighted by molar-refractivity contribution is 5.89. The lowest BCUT2D eigenvalue weighted by molar-refractivity contribution is 0.252. The number of carbonyl (C=O) groups is 1. The molecule has 2 amide bonds. The minimum atomic E-state index is -0.176. The molecule has 2 heterocycles. The number of aryl methyl sites for hydroxylation is 3. The van der Waals surface area contributed by atoms with Gasteiger partial charge in [0.15, 0.2) is 0 Å². The molecule has 3 rings (SSSR count). The number of amides is 2. The van der Waals surface area contributed by atoms with Crippen molar-refractivity contribution in [3.05, 3.63) is 59.4 Å². The number of benzene rings is 1. The van der Waals surface area contributed by atoms with Gasteiger partial charge in [-0.25, -0.2) is 9.78 Å². The van der Waals surface area contributed by atoms with Crippen LogP contribution in [0.1, 0.15) is 30.0 Å². The first kappa shape index (κ1) is 18.0. The van der Waals surface area contributed by atoms with Gasteiger partial charge in [-0.2, -0.15) is 0 Å². The standard InChI is InChI=1S/C21H26N4O/c1-4-10-25-14-17(19-6-5-8-22-20(19)25)7-9-23-21(26)24-18-12-15(2)11-16(3)13-18/h5-6,8,11-14H,4,7,9-10H2,1-3H3,(H2,23,24,26). The molecule has 0 aliphatic rings. The molecule has 0 radical (unpaired) electrons. The average Bonchev–Trinajstić information content (AvgIpc) is 2.92. The summed E-state index contributed by atoms with van der Waals surface area (Å²) in [5, 5.41) is 7.01. The van der Waals surface area contributed by atoms with Crippen molar-refractivity contribution in [2.75, 3.05) is 11.9 Å². The molecule has 0 unspecified atom stereocenters. The van der Waals surface area contributed by atoms with Crippen LogP contribution in [0.2, 0.25) is 0 Å². The number of nitrogens with zero attached hydrogens (tertiary/aromatic N) is 2. The molecule has 0 aliphatic carbocycles. The van der Waals surface area contributed by atoms with Crippen molar-refractivity contribution >= 4 is 22.8 Å². The fourth-order valence-electron chi connectivity index (χ4n) is 3.34. The molecule has 0 fully saturated rings. The van der Waals surface area contributed by atoms with E-state index in [1.807, 2.05) is 38.2 Å². The predicted molar refractivity (Wildman–Crippen MR) is 107 cm³/mol. The van der Waals surface area contributed by atoms with E-state index < -0.39 is 0 Å². The van der Waals surface area contributed by atoms with E-state index in [9.17, 15) is 4.79 Å². The molecule has 5 nitrogen and oxygen atoms in total. The maximum Gasteiger partial charge on any atom is 0.319 e. The number of rotatable bonds is 6. The predicted octanol–water partition coefficient (Wildman–Crippen LogP) is 4.43. The molecule has 0 atom stereocenters. The van der Waals surface area contributed by atoms with E-state index in [0.717, 1.165) is 47.2 Å². The van der Waals surface area contributed by atoms with Crippen molar-refractivity contribution in [2.45, 2.75) is 40.2 Å². The molecule has 0 spiro atoms. The van der Waals surface area contributed by atoms with Crippen LogP contribution in [-0.2, 0) is 13.0 Å². The van der Waals surface area contributed by atoms with E-state index in [1.54, 1.807) is 0 Å². The molecular formula is C21H26N4O. The lowest BCUT2D eigenvalue weighted by Gasteiger charge is -2.09. The van der Waals surface area contributed by atoms with Gasteiger partial charge < -0.3 is 15.2 Å². The normalized spacial score (nSPS) is 10.9. The molecule has 0 saturated heterocycles. The first-order chi connectivity index (χ1) is 12.6. The summed E-state index contributed by atoms with van der Waals surface area (Å²) in [6, 6.07) is 9.91. The van der Waals surface area contributed by atoms with Gasteiger partial charge in [-0.05, 0) is 67.6 Å². The van der Waals surface area contributed by atoms with E-state index in [4.69, 9.17) is 0 Å². The molecule has 136 valence electrons. The van der Waals surface area contributed by atoms with Crippen LogP contribution in [-0.4, -0.2) is 22.1 Å². The molecule has 0 saturated carbocycles. The highest BCUT2D eigenvalue weighted by Gasteiger charge is 2.09. The minimum absolute atomic E-state index is 0.176. The minimum Gasteiger partial charge on any atom is -0.338 e. The Labute approximate surface area is 154 Å². The highest BCUT2D eigenvalue weighted by Crippen LogP contribution is 2.20. The van der Waals surface area contributed by atoms with Gasteiger partial charge in [0.1, 0.15) is 5.65 Å². The Morgan fingerprint density at radius 1 is 1.19 bits per heavy atom. The summed E-state index contributed by atoms with van der Waals surface area (Å²) < 4.78 is 2.19. The summed E-state index contributed by atoms with van der Waals surface area (Å²) in [5.41, 5.74) is 5.33. The number of pyridine rings is 1. The van der Waals surface area contributed by atoms with Crippen molar-refractivity contribution in [3.8, 4) is 0 Å². The van der Waals surface area contributed by atoms with Crippen molar-refractivity contribution in [2.24, 2.45) is 0 Å². The van der Waals surface area contributed by atoms with E-state index >= 15 is 0 Å². The van der Waals surface area contributed by atoms with Crippen molar-refractivity contribution in [1.82, 2.24) is 14.9 Å². The topological polar surface area (TPSA) is 59.0 Å². The van der Waals surface area contributed by atoms with Gasteiger partial charge in [0.25, 0.3) is 0 Å². The fourth-order valence-corrected chi connectivity index (χ4v) is 3.34. The third kappa shape index (κ3) is 4.23.